The van der Waals surface area contributed by atoms with Crippen molar-refractivity contribution < 1.29 is 14.3 Å². The maximum Gasteiger partial charge on any atom is 0.227 e. The lowest BCUT2D eigenvalue weighted by molar-refractivity contribution is -0.118. The van der Waals surface area contributed by atoms with Crippen LogP contribution in [0, 0.1) is 6.92 Å². The van der Waals surface area contributed by atoms with Crippen molar-refractivity contribution >= 4 is 11.6 Å². The van der Waals surface area contributed by atoms with Gasteiger partial charge in [0.05, 0.1) is 14.2 Å². The minimum atomic E-state index is 0.108. The molecule has 0 fully saturated rings. The molecule has 0 heterocycles. The van der Waals surface area contributed by atoms with Crippen LogP contribution in [-0.4, -0.2) is 26.7 Å². The molecule has 4 heteroatoms. The van der Waals surface area contributed by atoms with E-state index in [1.54, 1.807) is 14.2 Å². The van der Waals surface area contributed by atoms with Gasteiger partial charge in [-0.25, -0.2) is 0 Å². The number of nitrogens with zero attached hydrogens (tertiary/aromatic N) is 1. The third-order valence-corrected chi connectivity index (χ3v) is 4.12. The maximum atomic E-state index is 12.7. The van der Waals surface area contributed by atoms with Crippen LogP contribution in [0.4, 0.5) is 5.69 Å². The van der Waals surface area contributed by atoms with Gasteiger partial charge >= 0.3 is 0 Å². The predicted molar refractivity (Wildman–Crippen MR) is 97.1 cm³/mol. The van der Waals surface area contributed by atoms with Gasteiger partial charge in [0.1, 0.15) is 11.5 Å². The van der Waals surface area contributed by atoms with Gasteiger partial charge in [-0.15, -0.1) is 0 Å². The fourth-order valence-electron chi connectivity index (χ4n) is 2.80. The van der Waals surface area contributed by atoms with Crippen molar-refractivity contribution in [3.63, 3.8) is 0 Å². The second kappa shape index (κ2) is 8.39. The van der Waals surface area contributed by atoms with Gasteiger partial charge in [0.2, 0.25) is 5.91 Å². The van der Waals surface area contributed by atoms with Crippen LogP contribution < -0.4 is 14.4 Å². The number of para-hydroxylation sites is 1. The summed E-state index contributed by atoms with van der Waals surface area (Å²) in [5.74, 6) is 1.66. The molecule has 4 nitrogen and oxygen atoms in total. The van der Waals surface area contributed by atoms with E-state index < -0.39 is 0 Å². The molecule has 0 aromatic heterocycles. The zero-order valence-electron chi connectivity index (χ0n) is 14.8. The molecule has 0 aliphatic rings. The molecule has 0 unspecified atom stereocenters. The maximum absolute atomic E-state index is 12.7. The van der Waals surface area contributed by atoms with E-state index in [0.29, 0.717) is 19.4 Å². The number of carbonyl (C=O) groups excluding carboxylic acids is 1. The van der Waals surface area contributed by atoms with E-state index in [9.17, 15) is 4.79 Å². The summed E-state index contributed by atoms with van der Waals surface area (Å²) >= 11 is 0. The van der Waals surface area contributed by atoms with Crippen molar-refractivity contribution in [1.29, 1.82) is 0 Å². The Kier molecular flexibility index (Phi) is 6.24. The number of benzene rings is 2. The number of ether oxygens (including phenoxy) is 2. The Morgan fingerprint density at radius 2 is 1.83 bits per heavy atom. The Balaban J connectivity index is 2.13. The van der Waals surface area contributed by atoms with Crippen LogP contribution in [0.3, 0.4) is 0 Å². The molecule has 0 aliphatic heterocycles. The molecule has 0 aliphatic carbocycles. The first kappa shape index (κ1) is 17.9. The quantitative estimate of drug-likeness (QED) is 0.771. The van der Waals surface area contributed by atoms with E-state index in [-0.39, 0.29) is 5.91 Å². The minimum absolute atomic E-state index is 0.108. The summed E-state index contributed by atoms with van der Waals surface area (Å²) in [6, 6.07) is 13.6. The Morgan fingerprint density at radius 3 is 2.46 bits per heavy atom. The highest BCUT2D eigenvalue weighted by Crippen LogP contribution is 2.26. The summed E-state index contributed by atoms with van der Waals surface area (Å²) in [6.07, 6.45) is 1.04. The largest absolute Gasteiger partial charge is 0.497 e. The van der Waals surface area contributed by atoms with Gasteiger partial charge in [-0.3, -0.25) is 4.79 Å². The number of hydrogen-bond donors (Lipinski definition) is 0. The van der Waals surface area contributed by atoms with Crippen LogP contribution in [0.15, 0.2) is 42.5 Å². The van der Waals surface area contributed by atoms with Crippen LogP contribution in [0.25, 0.3) is 0 Å². The van der Waals surface area contributed by atoms with Crippen molar-refractivity contribution in [3.05, 3.63) is 53.6 Å². The van der Waals surface area contributed by atoms with Gasteiger partial charge in [-0.05, 0) is 55.7 Å². The van der Waals surface area contributed by atoms with Gasteiger partial charge < -0.3 is 14.4 Å². The van der Waals surface area contributed by atoms with Crippen LogP contribution in [-0.2, 0) is 11.2 Å². The lowest BCUT2D eigenvalue weighted by Gasteiger charge is -2.23. The minimum Gasteiger partial charge on any atom is -0.497 e. The molecular formula is C20H25NO3. The molecule has 128 valence electrons. The van der Waals surface area contributed by atoms with Gasteiger partial charge in [0, 0.05) is 18.7 Å². The summed E-state index contributed by atoms with van der Waals surface area (Å²) in [5.41, 5.74) is 3.06. The Labute approximate surface area is 144 Å². The van der Waals surface area contributed by atoms with E-state index in [2.05, 4.69) is 0 Å². The highest BCUT2D eigenvalue weighted by atomic mass is 16.5. The van der Waals surface area contributed by atoms with Gasteiger partial charge in [-0.1, -0.05) is 18.2 Å². The van der Waals surface area contributed by atoms with Crippen molar-refractivity contribution in [2.45, 2.75) is 26.7 Å². The molecular weight excluding hydrogens is 302 g/mol. The van der Waals surface area contributed by atoms with Gasteiger partial charge in [0.25, 0.3) is 0 Å². The van der Waals surface area contributed by atoms with Crippen molar-refractivity contribution in [2.24, 2.45) is 0 Å². The summed E-state index contributed by atoms with van der Waals surface area (Å²) in [4.78, 5) is 14.5. The molecule has 2 aromatic carbocycles. The predicted octanol–water partition coefficient (Wildman–Crippen LogP) is 4.00. The molecule has 24 heavy (non-hydrogen) atoms. The molecule has 2 rings (SSSR count). The number of carbonyl (C=O) groups is 1. The normalized spacial score (nSPS) is 10.3. The third-order valence-electron chi connectivity index (χ3n) is 4.12. The average Bonchev–Trinajstić information content (AvgIpc) is 2.61. The van der Waals surface area contributed by atoms with E-state index >= 15 is 0 Å². The lowest BCUT2D eigenvalue weighted by Crippen LogP contribution is -2.31. The number of amides is 1. The first-order valence-electron chi connectivity index (χ1n) is 8.17. The first-order chi connectivity index (χ1) is 11.6. The lowest BCUT2D eigenvalue weighted by atomic mass is 10.1. The zero-order valence-corrected chi connectivity index (χ0v) is 14.8. The van der Waals surface area contributed by atoms with E-state index in [1.165, 1.54) is 0 Å². The topological polar surface area (TPSA) is 38.8 Å². The molecule has 0 saturated heterocycles. The standard InChI is InChI=1S/C20H25NO3/c1-5-21(18-9-7-6-8-15(18)2)20(22)13-10-16-14-17(23-3)11-12-19(16)24-4/h6-9,11-12,14H,5,10,13H2,1-4H3. The average molecular weight is 327 g/mol. The summed E-state index contributed by atoms with van der Waals surface area (Å²) in [5, 5.41) is 0. The number of methoxy groups -OCH3 is 2. The van der Waals surface area contributed by atoms with Crippen molar-refractivity contribution in [3.8, 4) is 11.5 Å². The number of hydrogen-bond acceptors (Lipinski definition) is 3. The van der Waals surface area contributed by atoms with Gasteiger partial charge in [0.15, 0.2) is 0 Å². The Bertz CT molecular complexity index is 697. The highest BCUT2D eigenvalue weighted by molar-refractivity contribution is 5.94. The molecule has 2 aromatic rings. The van der Waals surface area contributed by atoms with Gasteiger partial charge in [-0.2, -0.15) is 0 Å². The molecule has 0 atom stereocenters. The smallest absolute Gasteiger partial charge is 0.227 e. The van der Waals surface area contributed by atoms with E-state index in [1.807, 2.05) is 61.2 Å². The monoisotopic (exact) mass is 327 g/mol. The fraction of sp³-hybridized carbons (Fsp3) is 0.350. The zero-order chi connectivity index (χ0) is 17.5. The van der Waals surface area contributed by atoms with Crippen molar-refractivity contribution in [2.75, 3.05) is 25.7 Å². The number of anilines is 1. The first-order valence-corrected chi connectivity index (χ1v) is 8.17. The summed E-state index contributed by atoms with van der Waals surface area (Å²) in [7, 11) is 3.27. The van der Waals surface area contributed by atoms with Crippen LogP contribution in [0.5, 0.6) is 11.5 Å². The summed E-state index contributed by atoms with van der Waals surface area (Å²) < 4.78 is 10.7. The highest BCUT2D eigenvalue weighted by Gasteiger charge is 2.16. The second-order valence-electron chi connectivity index (χ2n) is 5.60. The molecule has 0 radical (unpaired) electrons. The number of rotatable bonds is 7. The summed E-state index contributed by atoms with van der Waals surface area (Å²) in [6.45, 7) is 4.67. The van der Waals surface area contributed by atoms with Crippen LogP contribution >= 0.6 is 0 Å². The Morgan fingerprint density at radius 1 is 1.08 bits per heavy atom. The molecule has 0 spiro atoms. The molecule has 0 saturated carbocycles. The van der Waals surface area contributed by atoms with E-state index in [4.69, 9.17) is 9.47 Å². The Hall–Kier alpha value is -2.49. The van der Waals surface area contributed by atoms with Crippen LogP contribution in [0.1, 0.15) is 24.5 Å². The van der Waals surface area contributed by atoms with Crippen LogP contribution in [0.2, 0.25) is 0 Å². The number of aryl methyl sites for hydroxylation is 2. The SMILES string of the molecule is CCN(C(=O)CCc1cc(OC)ccc1OC)c1ccccc1C. The van der Waals surface area contributed by atoms with Crippen molar-refractivity contribution in [1.82, 2.24) is 0 Å². The van der Waals surface area contributed by atoms with E-state index in [0.717, 1.165) is 28.3 Å². The fourth-order valence-corrected chi connectivity index (χ4v) is 2.80. The molecule has 0 N–H and O–H groups in total. The third kappa shape index (κ3) is 4.07. The second-order valence-corrected chi connectivity index (χ2v) is 5.60. The molecule has 1 amide bonds. The molecule has 0 bridgehead atoms.